The second kappa shape index (κ2) is 5.11. The quantitative estimate of drug-likeness (QED) is 0.592. The van der Waals surface area contributed by atoms with E-state index in [0.29, 0.717) is 0 Å². The molecule has 0 radical (unpaired) electrons. The summed E-state index contributed by atoms with van der Waals surface area (Å²) in [7, 11) is 0. The highest BCUT2D eigenvalue weighted by Crippen LogP contribution is 2.21. The third-order valence-electron chi connectivity index (χ3n) is 2.06. The number of aryl methyl sites for hydroxylation is 1. The molecule has 0 fully saturated rings. The van der Waals surface area contributed by atoms with Gasteiger partial charge in [0.15, 0.2) is 0 Å². The van der Waals surface area contributed by atoms with Gasteiger partial charge in [0.05, 0.1) is 0 Å². The summed E-state index contributed by atoms with van der Waals surface area (Å²) in [4.78, 5) is 10.6. The summed E-state index contributed by atoms with van der Waals surface area (Å²) in [6, 6.07) is 6.09. The Morgan fingerprint density at radius 3 is 2.71 bits per heavy atom. The van der Waals surface area contributed by atoms with Crippen LogP contribution in [0.15, 0.2) is 28.2 Å². The molecule has 0 bridgehead atoms. The number of rotatable bonds is 3. The van der Waals surface area contributed by atoms with Crippen molar-refractivity contribution >= 4 is 28.3 Å². The number of halogens is 1. The third-order valence-corrected chi connectivity index (χ3v) is 2.74. The molecule has 1 rings (SSSR count). The van der Waals surface area contributed by atoms with E-state index in [1.165, 1.54) is 5.56 Å². The van der Waals surface area contributed by atoms with E-state index in [2.05, 4.69) is 15.9 Å². The van der Waals surface area contributed by atoms with Crippen LogP contribution in [-0.2, 0) is 4.79 Å². The van der Waals surface area contributed by atoms with Crippen LogP contribution in [0, 0.1) is 6.92 Å². The van der Waals surface area contributed by atoms with Crippen LogP contribution in [0.2, 0.25) is 0 Å². The van der Waals surface area contributed by atoms with E-state index in [1.54, 1.807) is 0 Å². The average molecular weight is 253 g/mol. The van der Waals surface area contributed by atoms with Crippen molar-refractivity contribution in [3.8, 4) is 0 Å². The van der Waals surface area contributed by atoms with Gasteiger partial charge >= 0.3 is 0 Å². The lowest BCUT2D eigenvalue weighted by atomic mass is 10.1. The standard InChI is InChI=1S/C12H13BrO/c1-3-10(8-14)7-11-5-4-9(2)6-12(11)13/h4-8H,3H2,1-2H3/b10-7-. The van der Waals surface area contributed by atoms with Gasteiger partial charge < -0.3 is 0 Å². The topological polar surface area (TPSA) is 17.1 Å². The van der Waals surface area contributed by atoms with Gasteiger partial charge in [-0.05, 0) is 42.2 Å². The van der Waals surface area contributed by atoms with E-state index in [0.717, 1.165) is 28.3 Å². The maximum atomic E-state index is 10.6. The predicted octanol–water partition coefficient (Wildman–Crippen LogP) is 3.75. The number of aldehydes is 1. The summed E-state index contributed by atoms with van der Waals surface area (Å²) >= 11 is 3.47. The van der Waals surface area contributed by atoms with E-state index in [9.17, 15) is 4.79 Å². The number of allylic oxidation sites excluding steroid dienone is 1. The van der Waals surface area contributed by atoms with Crippen LogP contribution < -0.4 is 0 Å². The molecule has 0 heterocycles. The predicted molar refractivity (Wildman–Crippen MR) is 63.2 cm³/mol. The first-order chi connectivity index (χ1) is 6.67. The van der Waals surface area contributed by atoms with Crippen molar-refractivity contribution in [3.05, 3.63) is 39.4 Å². The summed E-state index contributed by atoms with van der Waals surface area (Å²) in [5, 5.41) is 0. The van der Waals surface area contributed by atoms with E-state index in [-0.39, 0.29) is 0 Å². The van der Waals surface area contributed by atoms with Gasteiger partial charge in [-0.25, -0.2) is 0 Å². The van der Waals surface area contributed by atoms with Crippen LogP contribution >= 0.6 is 15.9 Å². The molecule has 0 aliphatic carbocycles. The zero-order valence-electron chi connectivity index (χ0n) is 8.38. The van der Waals surface area contributed by atoms with Gasteiger partial charge in [-0.1, -0.05) is 35.0 Å². The van der Waals surface area contributed by atoms with Crippen LogP contribution in [0.3, 0.4) is 0 Å². The highest BCUT2D eigenvalue weighted by atomic mass is 79.9. The minimum atomic E-state index is 0.768. The second-order valence-electron chi connectivity index (χ2n) is 3.22. The maximum absolute atomic E-state index is 10.6. The molecule has 1 aromatic carbocycles. The zero-order chi connectivity index (χ0) is 10.6. The second-order valence-corrected chi connectivity index (χ2v) is 4.07. The van der Waals surface area contributed by atoms with Crippen molar-refractivity contribution in [1.29, 1.82) is 0 Å². The Hall–Kier alpha value is -0.890. The number of carbonyl (C=O) groups is 1. The molecular formula is C12H13BrO. The maximum Gasteiger partial charge on any atom is 0.146 e. The highest BCUT2D eigenvalue weighted by molar-refractivity contribution is 9.10. The molecule has 0 aliphatic heterocycles. The Morgan fingerprint density at radius 2 is 2.21 bits per heavy atom. The first-order valence-corrected chi connectivity index (χ1v) is 5.38. The first kappa shape index (κ1) is 11.2. The smallest absolute Gasteiger partial charge is 0.146 e. The molecule has 0 aliphatic rings. The van der Waals surface area contributed by atoms with Gasteiger partial charge in [0, 0.05) is 4.47 Å². The monoisotopic (exact) mass is 252 g/mol. The number of hydrogen-bond acceptors (Lipinski definition) is 1. The van der Waals surface area contributed by atoms with Gasteiger partial charge in [-0.2, -0.15) is 0 Å². The molecule has 0 atom stereocenters. The molecule has 0 saturated carbocycles. The Balaban J connectivity index is 3.08. The Morgan fingerprint density at radius 1 is 1.50 bits per heavy atom. The molecule has 14 heavy (non-hydrogen) atoms. The number of carbonyl (C=O) groups excluding carboxylic acids is 1. The average Bonchev–Trinajstić information content (AvgIpc) is 2.17. The summed E-state index contributed by atoms with van der Waals surface area (Å²) in [6.45, 7) is 4.01. The van der Waals surface area contributed by atoms with Gasteiger partial charge in [0.2, 0.25) is 0 Å². The molecule has 2 heteroatoms. The van der Waals surface area contributed by atoms with Crippen LogP contribution in [0.25, 0.3) is 6.08 Å². The molecule has 0 spiro atoms. The Labute approximate surface area is 93.0 Å². The van der Waals surface area contributed by atoms with E-state index >= 15 is 0 Å². The van der Waals surface area contributed by atoms with E-state index in [1.807, 2.05) is 38.1 Å². The highest BCUT2D eigenvalue weighted by Gasteiger charge is 1.98. The molecular weight excluding hydrogens is 240 g/mol. The van der Waals surface area contributed by atoms with E-state index < -0.39 is 0 Å². The third kappa shape index (κ3) is 2.81. The zero-order valence-corrected chi connectivity index (χ0v) is 9.97. The molecule has 1 aromatic rings. The fraction of sp³-hybridized carbons (Fsp3) is 0.250. The molecule has 0 N–H and O–H groups in total. The van der Waals surface area contributed by atoms with Crippen LogP contribution in [0.1, 0.15) is 24.5 Å². The van der Waals surface area contributed by atoms with Crippen molar-refractivity contribution in [2.75, 3.05) is 0 Å². The van der Waals surface area contributed by atoms with Crippen molar-refractivity contribution < 1.29 is 4.79 Å². The number of benzene rings is 1. The van der Waals surface area contributed by atoms with Crippen molar-refractivity contribution in [2.45, 2.75) is 20.3 Å². The molecule has 0 amide bonds. The minimum absolute atomic E-state index is 0.768. The lowest BCUT2D eigenvalue weighted by molar-refractivity contribution is -0.104. The summed E-state index contributed by atoms with van der Waals surface area (Å²) in [5.74, 6) is 0. The van der Waals surface area contributed by atoms with E-state index in [4.69, 9.17) is 0 Å². The van der Waals surface area contributed by atoms with Gasteiger partial charge in [0.1, 0.15) is 6.29 Å². The van der Waals surface area contributed by atoms with Gasteiger partial charge in [0.25, 0.3) is 0 Å². The van der Waals surface area contributed by atoms with Crippen LogP contribution in [-0.4, -0.2) is 6.29 Å². The lowest BCUT2D eigenvalue weighted by Crippen LogP contribution is -1.84. The Kier molecular flexibility index (Phi) is 4.08. The van der Waals surface area contributed by atoms with Crippen molar-refractivity contribution in [1.82, 2.24) is 0 Å². The van der Waals surface area contributed by atoms with Crippen LogP contribution in [0.5, 0.6) is 0 Å². The fourth-order valence-corrected chi connectivity index (χ4v) is 1.78. The summed E-state index contributed by atoms with van der Waals surface area (Å²) < 4.78 is 1.03. The molecule has 0 unspecified atom stereocenters. The lowest BCUT2D eigenvalue weighted by Gasteiger charge is -2.01. The van der Waals surface area contributed by atoms with Crippen molar-refractivity contribution in [2.24, 2.45) is 0 Å². The minimum Gasteiger partial charge on any atom is -0.298 e. The van der Waals surface area contributed by atoms with Crippen molar-refractivity contribution in [3.63, 3.8) is 0 Å². The SMILES string of the molecule is CC/C(C=O)=C/c1ccc(C)cc1Br. The van der Waals surface area contributed by atoms with Crippen LogP contribution in [0.4, 0.5) is 0 Å². The fourth-order valence-electron chi connectivity index (χ4n) is 1.17. The Bertz CT molecular complexity index is 367. The van der Waals surface area contributed by atoms with Gasteiger partial charge in [-0.3, -0.25) is 4.79 Å². The summed E-state index contributed by atoms with van der Waals surface area (Å²) in [6.07, 6.45) is 3.59. The number of hydrogen-bond donors (Lipinski definition) is 0. The summed E-state index contributed by atoms with van der Waals surface area (Å²) in [5.41, 5.74) is 3.08. The molecule has 74 valence electrons. The normalized spacial score (nSPS) is 11.5. The van der Waals surface area contributed by atoms with Gasteiger partial charge in [-0.15, -0.1) is 0 Å². The molecule has 0 saturated heterocycles. The molecule has 1 nitrogen and oxygen atoms in total. The first-order valence-electron chi connectivity index (χ1n) is 4.59. The largest absolute Gasteiger partial charge is 0.298 e. The molecule has 0 aromatic heterocycles.